The summed E-state index contributed by atoms with van der Waals surface area (Å²) < 4.78 is 40.9. The maximum Gasteiger partial charge on any atom is 0.245 e. The van der Waals surface area contributed by atoms with Crippen molar-refractivity contribution in [3.63, 3.8) is 0 Å². The van der Waals surface area contributed by atoms with Crippen molar-refractivity contribution in [2.45, 2.75) is 66.9 Å². The van der Waals surface area contributed by atoms with E-state index in [1.807, 2.05) is 18.2 Å². The number of piperidine rings is 2. The molecule has 0 unspecified atom stereocenters. The fourth-order valence-electron chi connectivity index (χ4n) is 8.57. The number of hydrogen-bond donors (Lipinski definition) is 0. The average Bonchev–Trinajstić information content (AvgIpc) is 3.59. The first kappa shape index (κ1) is 31.7. The van der Waals surface area contributed by atoms with Gasteiger partial charge in [-0.2, -0.15) is 5.26 Å². The summed E-state index contributed by atoms with van der Waals surface area (Å²) in [6.07, 6.45) is 8.47. The fourth-order valence-corrected chi connectivity index (χ4v) is 10.3. The highest BCUT2D eigenvalue weighted by atomic mass is 32.2. The third-order valence-electron chi connectivity index (χ3n) is 11.1. The number of rotatable bonds is 9. The van der Waals surface area contributed by atoms with Crippen molar-refractivity contribution in [3.8, 4) is 6.07 Å². The molecule has 7 nitrogen and oxygen atoms in total. The molecule has 1 aliphatic carbocycles. The van der Waals surface area contributed by atoms with Crippen LogP contribution in [0, 0.1) is 34.9 Å². The molecule has 1 atom stereocenters. The predicted molar refractivity (Wildman–Crippen MR) is 174 cm³/mol. The SMILES string of the molecule is C=CC(=O)N1CCC(S(=O)(=O)c2ccc(N3CC(CN4CCC([C@@](C#N)(c5cccc(F)c5)C5CCCC5)CC4)C3)cc2)CC1. The highest BCUT2D eigenvalue weighted by molar-refractivity contribution is 7.92. The van der Waals surface area contributed by atoms with Gasteiger partial charge in [0.15, 0.2) is 9.84 Å². The number of likely N-dealkylation sites (tertiary alicyclic amines) is 2. The molecule has 0 bridgehead atoms. The van der Waals surface area contributed by atoms with Crippen molar-refractivity contribution in [1.82, 2.24) is 9.80 Å². The van der Waals surface area contributed by atoms with Crippen LogP contribution in [0.3, 0.4) is 0 Å². The maximum absolute atomic E-state index is 14.3. The van der Waals surface area contributed by atoms with Gasteiger partial charge >= 0.3 is 0 Å². The number of halogens is 1. The number of hydrogen-bond acceptors (Lipinski definition) is 6. The Morgan fingerprint density at radius 1 is 0.956 bits per heavy atom. The minimum Gasteiger partial charge on any atom is -0.371 e. The quantitative estimate of drug-likeness (QED) is 0.336. The number of nitrogens with zero attached hydrogens (tertiary/aromatic N) is 4. The molecule has 1 amide bonds. The van der Waals surface area contributed by atoms with Crippen LogP contribution in [0.1, 0.15) is 56.9 Å². The molecule has 0 spiro atoms. The number of amides is 1. The predicted octanol–water partition coefficient (Wildman–Crippen LogP) is 5.58. The molecule has 240 valence electrons. The Kier molecular flexibility index (Phi) is 9.35. The van der Waals surface area contributed by atoms with Crippen LogP contribution in [-0.4, -0.2) is 75.2 Å². The molecule has 45 heavy (non-hydrogen) atoms. The van der Waals surface area contributed by atoms with Crippen molar-refractivity contribution in [1.29, 1.82) is 5.26 Å². The summed E-state index contributed by atoms with van der Waals surface area (Å²) >= 11 is 0. The fraction of sp³-hybridized carbons (Fsp3) is 0.556. The second-order valence-corrected chi connectivity index (χ2v) is 15.8. The molecular weight excluding hydrogens is 587 g/mol. The van der Waals surface area contributed by atoms with Crippen LogP contribution in [0.25, 0.3) is 0 Å². The van der Waals surface area contributed by atoms with Crippen LogP contribution < -0.4 is 4.90 Å². The van der Waals surface area contributed by atoms with Crippen molar-refractivity contribution in [3.05, 3.63) is 72.6 Å². The van der Waals surface area contributed by atoms with E-state index < -0.39 is 20.5 Å². The van der Waals surface area contributed by atoms with Crippen LogP contribution >= 0.6 is 0 Å². The molecule has 0 N–H and O–H groups in total. The molecule has 4 fully saturated rings. The molecular formula is C36H45FN4O3S. The van der Waals surface area contributed by atoms with Crippen LogP contribution in [0.2, 0.25) is 0 Å². The topological polar surface area (TPSA) is 84.7 Å². The van der Waals surface area contributed by atoms with Crippen LogP contribution in [0.5, 0.6) is 0 Å². The lowest BCUT2D eigenvalue weighted by atomic mass is 9.60. The first-order valence-electron chi connectivity index (χ1n) is 16.6. The third kappa shape index (κ3) is 6.29. The van der Waals surface area contributed by atoms with Gasteiger partial charge in [0.2, 0.25) is 5.91 Å². The molecule has 4 aliphatic rings. The summed E-state index contributed by atoms with van der Waals surface area (Å²) in [5, 5.41) is 10.2. The summed E-state index contributed by atoms with van der Waals surface area (Å²) in [5.74, 6) is 0.676. The molecule has 2 aromatic rings. The Bertz CT molecular complexity index is 1510. The van der Waals surface area contributed by atoms with Crippen molar-refractivity contribution >= 4 is 21.4 Å². The Morgan fingerprint density at radius 2 is 1.60 bits per heavy atom. The largest absolute Gasteiger partial charge is 0.371 e. The van der Waals surface area contributed by atoms with Crippen molar-refractivity contribution < 1.29 is 17.6 Å². The average molecular weight is 633 g/mol. The first-order chi connectivity index (χ1) is 21.7. The van der Waals surface area contributed by atoms with Crippen LogP contribution in [0.4, 0.5) is 10.1 Å². The summed E-state index contributed by atoms with van der Waals surface area (Å²) in [6, 6.07) is 16.9. The normalized spacial score (nSPS) is 22.5. The van der Waals surface area contributed by atoms with Crippen molar-refractivity contribution in [2.24, 2.45) is 17.8 Å². The van der Waals surface area contributed by atoms with Gasteiger partial charge in [-0.05, 0) is 111 Å². The van der Waals surface area contributed by atoms with E-state index in [1.165, 1.54) is 12.1 Å². The smallest absolute Gasteiger partial charge is 0.245 e. The van der Waals surface area contributed by atoms with E-state index in [0.717, 1.165) is 82.5 Å². The van der Waals surface area contributed by atoms with E-state index in [4.69, 9.17) is 0 Å². The molecule has 6 rings (SSSR count). The first-order valence-corrected chi connectivity index (χ1v) is 18.2. The van der Waals surface area contributed by atoms with Crippen LogP contribution in [0.15, 0.2) is 66.1 Å². The lowest BCUT2D eigenvalue weighted by molar-refractivity contribution is -0.126. The summed E-state index contributed by atoms with van der Waals surface area (Å²) in [6.45, 7) is 9.21. The van der Waals surface area contributed by atoms with Gasteiger partial charge in [-0.25, -0.2) is 12.8 Å². The van der Waals surface area contributed by atoms with Gasteiger partial charge in [-0.1, -0.05) is 31.6 Å². The summed E-state index contributed by atoms with van der Waals surface area (Å²) in [5.41, 5.74) is 1.30. The monoisotopic (exact) mass is 632 g/mol. The zero-order chi connectivity index (χ0) is 31.6. The Morgan fingerprint density at radius 3 is 2.20 bits per heavy atom. The molecule has 0 radical (unpaired) electrons. The molecule has 3 aliphatic heterocycles. The number of carbonyl (C=O) groups excluding carboxylic acids is 1. The number of sulfone groups is 1. The lowest BCUT2D eigenvalue weighted by Crippen LogP contribution is -2.53. The Labute approximate surface area is 267 Å². The molecule has 3 heterocycles. The minimum absolute atomic E-state index is 0.145. The van der Waals surface area contributed by atoms with E-state index in [9.17, 15) is 22.9 Å². The number of carbonyl (C=O) groups is 1. The zero-order valence-corrected chi connectivity index (χ0v) is 26.9. The number of anilines is 1. The van der Waals surface area contributed by atoms with E-state index in [-0.39, 0.29) is 17.6 Å². The van der Waals surface area contributed by atoms with Crippen molar-refractivity contribution in [2.75, 3.05) is 50.7 Å². The standard InChI is InChI=1S/C36H45FN4O3S/c1-2-35(42)40-20-16-34(17-21-40)45(43,44)33-12-10-32(11-13-33)41-24-27(25-41)23-39-18-14-29(15-19-39)36(26-38,28-6-3-4-7-28)30-8-5-9-31(37)22-30/h2,5,8-13,22,27-29,34H,1,3-4,6-7,14-21,23-25H2/t36-/m0/s1. The summed E-state index contributed by atoms with van der Waals surface area (Å²) in [7, 11) is -3.45. The molecule has 2 aromatic carbocycles. The Balaban J connectivity index is 1.01. The van der Waals surface area contributed by atoms with E-state index in [2.05, 4.69) is 22.4 Å². The molecule has 9 heteroatoms. The van der Waals surface area contributed by atoms with Gasteiger partial charge in [0.1, 0.15) is 5.82 Å². The van der Waals surface area contributed by atoms with E-state index in [1.54, 1.807) is 29.2 Å². The van der Waals surface area contributed by atoms with Gasteiger partial charge in [0.05, 0.1) is 21.6 Å². The highest BCUT2D eigenvalue weighted by Crippen LogP contribution is 2.50. The second-order valence-electron chi connectivity index (χ2n) is 13.6. The minimum atomic E-state index is -3.45. The van der Waals surface area contributed by atoms with Gasteiger partial charge in [-0.3, -0.25) is 4.79 Å². The van der Waals surface area contributed by atoms with Gasteiger partial charge in [-0.15, -0.1) is 0 Å². The van der Waals surface area contributed by atoms with E-state index in [0.29, 0.717) is 42.7 Å². The molecule has 1 saturated carbocycles. The Hall–Kier alpha value is -3.22. The zero-order valence-electron chi connectivity index (χ0n) is 26.1. The second kappa shape index (κ2) is 13.3. The van der Waals surface area contributed by atoms with Gasteiger partial charge < -0.3 is 14.7 Å². The number of benzene rings is 2. The lowest BCUT2D eigenvalue weighted by Gasteiger charge is -2.47. The van der Waals surface area contributed by atoms with E-state index >= 15 is 0 Å². The third-order valence-corrected chi connectivity index (χ3v) is 13.4. The maximum atomic E-state index is 14.3. The van der Waals surface area contributed by atoms with Gasteiger partial charge in [0.25, 0.3) is 0 Å². The van der Waals surface area contributed by atoms with Crippen LogP contribution in [-0.2, 0) is 20.0 Å². The number of nitriles is 1. The highest BCUT2D eigenvalue weighted by Gasteiger charge is 2.49. The van der Waals surface area contributed by atoms with Gasteiger partial charge in [0, 0.05) is 44.3 Å². The molecule has 0 aromatic heterocycles. The summed E-state index contributed by atoms with van der Waals surface area (Å²) in [4.78, 5) is 18.7. The molecule has 3 saturated heterocycles.